The summed E-state index contributed by atoms with van der Waals surface area (Å²) in [7, 11) is 2.78. The lowest BCUT2D eigenvalue weighted by Gasteiger charge is -2.22. The molecule has 0 saturated carbocycles. The normalized spacial score (nSPS) is 19.7. The van der Waals surface area contributed by atoms with Gasteiger partial charge in [0.25, 0.3) is 0 Å². The highest BCUT2D eigenvalue weighted by molar-refractivity contribution is 9.10. The largest absolute Gasteiger partial charge is 0.467 e. The molecule has 1 heterocycles. The van der Waals surface area contributed by atoms with E-state index in [1.807, 2.05) is 0 Å². The van der Waals surface area contributed by atoms with Crippen LogP contribution in [-0.2, 0) is 25.5 Å². The number of rotatable bonds is 7. The third kappa shape index (κ3) is 5.14. The molecule has 1 saturated heterocycles. The quantitative estimate of drug-likeness (QED) is 0.616. The second-order valence-electron chi connectivity index (χ2n) is 5.81. The maximum absolute atomic E-state index is 12.6. The van der Waals surface area contributed by atoms with Crippen molar-refractivity contribution in [3.63, 3.8) is 0 Å². The summed E-state index contributed by atoms with van der Waals surface area (Å²) in [4.78, 5) is 25.9. The first-order valence-corrected chi connectivity index (χ1v) is 8.78. The van der Waals surface area contributed by atoms with Crippen LogP contribution in [0.5, 0.6) is 5.75 Å². The molecule has 1 amide bonds. The van der Waals surface area contributed by atoms with Gasteiger partial charge in [-0.15, -0.1) is 0 Å². The molecule has 0 aliphatic carbocycles. The number of amides is 1. The molecule has 1 aliphatic heterocycles. The van der Waals surface area contributed by atoms with Crippen molar-refractivity contribution < 1.29 is 32.6 Å². The van der Waals surface area contributed by atoms with Gasteiger partial charge < -0.3 is 19.1 Å². The molecular weight excluding hydrogens is 416 g/mol. The predicted octanol–water partition coefficient (Wildman–Crippen LogP) is 2.77. The number of methoxy groups -OCH3 is 2. The Hall–Kier alpha value is -1.74. The lowest BCUT2D eigenvalue weighted by molar-refractivity contribution is -0.150. The number of alkyl halides is 2. The van der Waals surface area contributed by atoms with Crippen LogP contribution in [0.1, 0.15) is 18.4 Å². The van der Waals surface area contributed by atoms with Crippen molar-refractivity contribution >= 4 is 27.8 Å². The van der Waals surface area contributed by atoms with Gasteiger partial charge in [0.05, 0.1) is 13.2 Å². The number of carbonyl (C=O) groups is 2. The van der Waals surface area contributed by atoms with Gasteiger partial charge in [-0.3, -0.25) is 4.79 Å². The van der Waals surface area contributed by atoms with E-state index in [4.69, 9.17) is 9.47 Å². The third-order valence-corrected chi connectivity index (χ3v) is 4.73. The van der Waals surface area contributed by atoms with Crippen molar-refractivity contribution in [2.24, 2.45) is 0 Å². The van der Waals surface area contributed by atoms with Crippen LogP contribution < -0.4 is 4.74 Å². The lowest BCUT2D eigenvalue weighted by atomic mass is 10.1. The fraction of sp³-hybridized carbons (Fsp3) is 0.529. The SMILES string of the molecule is COC(=O)C1CC(OC)CN1C(=O)CCc1cc(Br)ccc1OC(F)F. The number of hydrogen-bond acceptors (Lipinski definition) is 5. The highest BCUT2D eigenvalue weighted by Crippen LogP contribution is 2.27. The molecule has 26 heavy (non-hydrogen) atoms. The van der Waals surface area contributed by atoms with Crippen molar-refractivity contribution in [1.82, 2.24) is 4.90 Å². The summed E-state index contributed by atoms with van der Waals surface area (Å²) in [6, 6.07) is 3.94. The lowest BCUT2D eigenvalue weighted by Crippen LogP contribution is -2.41. The van der Waals surface area contributed by atoms with E-state index in [-0.39, 0.29) is 37.1 Å². The van der Waals surface area contributed by atoms with Crippen LogP contribution in [0.15, 0.2) is 22.7 Å². The Morgan fingerprint density at radius 1 is 1.35 bits per heavy atom. The number of halogens is 3. The Kier molecular flexibility index (Phi) is 7.33. The molecule has 2 rings (SSSR count). The first-order valence-electron chi connectivity index (χ1n) is 7.99. The monoisotopic (exact) mass is 435 g/mol. The number of aryl methyl sites for hydroxylation is 1. The fourth-order valence-corrected chi connectivity index (χ4v) is 3.35. The van der Waals surface area contributed by atoms with Gasteiger partial charge in [0.1, 0.15) is 11.8 Å². The molecule has 0 aromatic heterocycles. The molecule has 6 nitrogen and oxygen atoms in total. The highest BCUT2D eigenvalue weighted by Gasteiger charge is 2.40. The standard InChI is InChI=1S/C17H20BrF2NO5/c1-24-12-8-13(16(23)25-2)21(9-12)15(22)6-3-10-7-11(18)4-5-14(10)26-17(19)20/h4-5,7,12-13,17H,3,6,8-9H2,1-2H3. The molecule has 1 aromatic carbocycles. The predicted molar refractivity (Wildman–Crippen MR) is 92.0 cm³/mol. The van der Waals surface area contributed by atoms with E-state index in [1.54, 1.807) is 12.1 Å². The Morgan fingerprint density at radius 3 is 2.69 bits per heavy atom. The van der Waals surface area contributed by atoms with E-state index >= 15 is 0 Å². The van der Waals surface area contributed by atoms with E-state index in [9.17, 15) is 18.4 Å². The molecule has 2 unspecified atom stereocenters. The summed E-state index contributed by atoms with van der Waals surface area (Å²) in [5.74, 6) is -0.748. The maximum Gasteiger partial charge on any atom is 0.387 e. The van der Waals surface area contributed by atoms with E-state index in [0.717, 1.165) is 0 Å². The zero-order valence-corrected chi connectivity index (χ0v) is 16.0. The van der Waals surface area contributed by atoms with Gasteiger partial charge >= 0.3 is 12.6 Å². The zero-order chi connectivity index (χ0) is 19.3. The van der Waals surface area contributed by atoms with Gasteiger partial charge in [-0.25, -0.2) is 4.79 Å². The minimum atomic E-state index is -2.95. The Balaban J connectivity index is 2.08. The van der Waals surface area contributed by atoms with Crippen LogP contribution in [-0.4, -0.2) is 56.3 Å². The molecule has 9 heteroatoms. The van der Waals surface area contributed by atoms with Crippen molar-refractivity contribution in [3.8, 4) is 5.75 Å². The molecule has 0 spiro atoms. The first-order chi connectivity index (χ1) is 12.3. The van der Waals surface area contributed by atoms with Gasteiger partial charge in [-0.05, 0) is 30.2 Å². The summed E-state index contributed by atoms with van der Waals surface area (Å²) in [5, 5.41) is 0. The van der Waals surface area contributed by atoms with E-state index in [0.29, 0.717) is 16.5 Å². The summed E-state index contributed by atoms with van der Waals surface area (Å²) < 4.78 is 40.2. The molecule has 1 aromatic rings. The summed E-state index contributed by atoms with van der Waals surface area (Å²) in [6.45, 7) is -2.66. The van der Waals surface area contributed by atoms with E-state index in [1.165, 1.54) is 25.2 Å². The summed E-state index contributed by atoms with van der Waals surface area (Å²) >= 11 is 3.27. The van der Waals surface area contributed by atoms with Crippen LogP contribution >= 0.6 is 15.9 Å². The number of benzene rings is 1. The molecule has 1 fully saturated rings. The second-order valence-corrected chi connectivity index (χ2v) is 6.72. The number of ether oxygens (including phenoxy) is 3. The zero-order valence-electron chi connectivity index (χ0n) is 14.4. The van der Waals surface area contributed by atoms with Crippen LogP contribution in [0.4, 0.5) is 8.78 Å². The van der Waals surface area contributed by atoms with Crippen molar-refractivity contribution in [1.29, 1.82) is 0 Å². The van der Waals surface area contributed by atoms with Gasteiger partial charge in [-0.2, -0.15) is 8.78 Å². The molecular formula is C17H20BrF2NO5. The van der Waals surface area contributed by atoms with Gasteiger partial charge in [0.15, 0.2) is 0 Å². The molecule has 144 valence electrons. The number of nitrogens with zero attached hydrogens (tertiary/aromatic N) is 1. The Morgan fingerprint density at radius 2 is 2.08 bits per heavy atom. The highest BCUT2D eigenvalue weighted by atomic mass is 79.9. The molecule has 2 atom stereocenters. The molecule has 1 aliphatic rings. The van der Waals surface area contributed by atoms with Crippen LogP contribution in [0.3, 0.4) is 0 Å². The number of esters is 1. The molecule has 0 N–H and O–H groups in total. The van der Waals surface area contributed by atoms with Crippen molar-refractivity contribution in [2.45, 2.75) is 38.0 Å². The second kappa shape index (κ2) is 9.27. The van der Waals surface area contributed by atoms with Crippen molar-refractivity contribution in [3.05, 3.63) is 28.2 Å². The Labute approximate surface area is 158 Å². The average molecular weight is 436 g/mol. The summed E-state index contributed by atoms with van der Waals surface area (Å²) in [6.07, 6.45) is 0.361. The van der Waals surface area contributed by atoms with Crippen LogP contribution in [0.25, 0.3) is 0 Å². The van der Waals surface area contributed by atoms with Crippen molar-refractivity contribution in [2.75, 3.05) is 20.8 Å². The van der Waals surface area contributed by atoms with E-state index < -0.39 is 18.6 Å². The summed E-state index contributed by atoms with van der Waals surface area (Å²) in [5.41, 5.74) is 0.477. The van der Waals surface area contributed by atoms with Gasteiger partial charge in [0, 0.05) is 31.0 Å². The number of carbonyl (C=O) groups excluding carboxylic acids is 2. The minimum absolute atomic E-state index is 0.0247. The fourth-order valence-electron chi connectivity index (χ4n) is 2.94. The topological polar surface area (TPSA) is 65.1 Å². The average Bonchev–Trinajstić information content (AvgIpc) is 3.05. The van der Waals surface area contributed by atoms with Gasteiger partial charge in [-0.1, -0.05) is 15.9 Å². The van der Waals surface area contributed by atoms with Crippen LogP contribution in [0.2, 0.25) is 0 Å². The molecule has 0 radical (unpaired) electrons. The van der Waals surface area contributed by atoms with E-state index in [2.05, 4.69) is 20.7 Å². The minimum Gasteiger partial charge on any atom is -0.467 e. The van der Waals surface area contributed by atoms with Gasteiger partial charge in [0.2, 0.25) is 5.91 Å². The molecule has 0 bridgehead atoms. The maximum atomic E-state index is 12.6. The van der Waals surface area contributed by atoms with Crippen LogP contribution in [0, 0.1) is 0 Å². The number of likely N-dealkylation sites (tertiary alicyclic amines) is 1. The number of hydrogen-bond donors (Lipinski definition) is 0. The first kappa shape index (κ1) is 20.6. The third-order valence-electron chi connectivity index (χ3n) is 4.24. The Bertz CT molecular complexity index is 658. The smallest absolute Gasteiger partial charge is 0.387 e.